The van der Waals surface area contributed by atoms with Crippen molar-refractivity contribution in [3.05, 3.63) is 0 Å². The van der Waals surface area contributed by atoms with Gasteiger partial charge < -0.3 is 4.48 Å². The molecule has 0 N–H and O–H groups in total. The maximum atomic E-state index is 2.58. The molecule has 0 spiro atoms. The van der Waals surface area contributed by atoms with Crippen LogP contribution in [-0.2, 0) is 0 Å². The molecule has 0 aromatic heterocycles. The van der Waals surface area contributed by atoms with Crippen LogP contribution in [-0.4, -0.2) is 48.3 Å². The van der Waals surface area contributed by atoms with Crippen molar-refractivity contribution in [3.8, 4) is 0 Å². The zero-order chi connectivity index (χ0) is 9.35. The van der Waals surface area contributed by atoms with E-state index in [1.165, 1.54) is 24.2 Å². The molecule has 1 saturated heterocycles. The van der Waals surface area contributed by atoms with Gasteiger partial charge in [-0.2, -0.15) is 0 Å². The maximum absolute atomic E-state index is 2.58. The van der Waals surface area contributed by atoms with Crippen LogP contribution >= 0.6 is 0 Å². The molecular weight excluding hydrogens is 148 g/mol. The molecule has 0 aromatic carbocycles. The Morgan fingerprint density at radius 3 is 2.33 bits per heavy atom. The molecule has 1 heterocycles. The maximum Gasteiger partial charge on any atom is 0.135 e. The van der Waals surface area contributed by atoms with Crippen molar-refractivity contribution in [1.29, 1.82) is 0 Å². The smallest absolute Gasteiger partial charge is 0.135 e. The molecule has 1 aliphatic rings. The fourth-order valence-electron chi connectivity index (χ4n) is 1.93. The highest BCUT2D eigenvalue weighted by atomic mass is 15.5. The Hall–Kier alpha value is -0.0800. The van der Waals surface area contributed by atoms with E-state index in [0.29, 0.717) is 6.04 Å². The van der Waals surface area contributed by atoms with Gasteiger partial charge in [0, 0.05) is 6.04 Å². The normalized spacial score (nSPS) is 38.0. The van der Waals surface area contributed by atoms with Crippen LogP contribution in [0.5, 0.6) is 0 Å². The van der Waals surface area contributed by atoms with E-state index in [0.717, 1.165) is 6.04 Å². The summed E-state index contributed by atoms with van der Waals surface area (Å²) >= 11 is 0. The molecule has 0 bridgehead atoms. The third-order valence-corrected chi connectivity index (χ3v) is 3.52. The quantitative estimate of drug-likeness (QED) is 0.569. The van der Waals surface area contributed by atoms with E-state index in [2.05, 4.69) is 39.6 Å². The Labute approximate surface area is 76.7 Å². The van der Waals surface area contributed by atoms with Crippen molar-refractivity contribution in [2.45, 2.75) is 39.8 Å². The SMILES string of the molecule is CC[N@@+]1(C)CN(C(C)C)CC1C. The van der Waals surface area contributed by atoms with Crippen LogP contribution < -0.4 is 0 Å². The zero-order valence-electron chi connectivity index (χ0n) is 9.17. The van der Waals surface area contributed by atoms with Crippen molar-refractivity contribution in [1.82, 2.24) is 4.90 Å². The Balaban J connectivity index is 2.61. The van der Waals surface area contributed by atoms with Gasteiger partial charge in [-0.05, 0) is 27.7 Å². The van der Waals surface area contributed by atoms with E-state index in [4.69, 9.17) is 0 Å². The predicted molar refractivity (Wildman–Crippen MR) is 52.9 cm³/mol. The second kappa shape index (κ2) is 3.35. The molecule has 1 rings (SSSR count). The summed E-state index contributed by atoms with van der Waals surface area (Å²) in [7, 11) is 2.37. The average Bonchev–Trinajstić information content (AvgIpc) is 2.30. The van der Waals surface area contributed by atoms with Crippen LogP contribution in [0.3, 0.4) is 0 Å². The fourth-order valence-corrected chi connectivity index (χ4v) is 1.93. The van der Waals surface area contributed by atoms with Gasteiger partial charge in [0.2, 0.25) is 0 Å². The van der Waals surface area contributed by atoms with E-state index in [-0.39, 0.29) is 0 Å². The summed E-state index contributed by atoms with van der Waals surface area (Å²) in [6.45, 7) is 13.0. The first-order valence-corrected chi connectivity index (χ1v) is 5.08. The molecular formula is C10H23N2+. The minimum Gasteiger partial charge on any atom is -0.310 e. The Kier molecular flexibility index (Phi) is 2.79. The van der Waals surface area contributed by atoms with Crippen molar-refractivity contribution < 1.29 is 4.48 Å². The number of rotatable bonds is 2. The third kappa shape index (κ3) is 1.64. The van der Waals surface area contributed by atoms with Crippen LogP contribution in [0.1, 0.15) is 27.7 Å². The predicted octanol–water partition coefficient (Wildman–Crippen LogP) is 1.52. The second-order valence-corrected chi connectivity index (χ2v) is 4.65. The monoisotopic (exact) mass is 171 g/mol. The molecule has 2 atom stereocenters. The van der Waals surface area contributed by atoms with Crippen LogP contribution in [0.15, 0.2) is 0 Å². The second-order valence-electron chi connectivity index (χ2n) is 4.65. The number of quaternary nitrogens is 1. The lowest BCUT2D eigenvalue weighted by Crippen LogP contribution is -2.48. The molecule has 2 heteroatoms. The van der Waals surface area contributed by atoms with Gasteiger partial charge in [-0.15, -0.1) is 0 Å². The van der Waals surface area contributed by atoms with Crippen molar-refractivity contribution in [3.63, 3.8) is 0 Å². The topological polar surface area (TPSA) is 3.24 Å². The van der Waals surface area contributed by atoms with Crippen LogP contribution in [0.2, 0.25) is 0 Å². The Bertz CT molecular complexity index is 156. The van der Waals surface area contributed by atoms with Gasteiger partial charge in [0.1, 0.15) is 12.7 Å². The molecule has 1 fully saturated rings. The lowest BCUT2D eigenvalue weighted by atomic mass is 10.2. The first kappa shape index (κ1) is 10.0. The summed E-state index contributed by atoms with van der Waals surface area (Å²) in [5.41, 5.74) is 0. The molecule has 1 aliphatic heterocycles. The van der Waals surface area contributed by atoms with Gasteiger partial charge in [0.05, 0.1) is 20.1 Å². The Morgan fingerprint density at radius 1 is 1.50 bits per heavy atom. The molecule has 0 aliphatic carbocycles. The van der Waals surface area contributed by atoms with Crippen molar-refractivity contribution in [2.24, 2.45) is 0 Å². The summed E-state index contributed by atoms with van der Waals surface area (Å²) in [4.78, 5) is 2.58. The average molecular weight is 171 g/mol. The molecule has 0 saturated carbocycles. The van der Waals surface area contributed by atoms with Gasteiger partial charge in [-0.3, -0.25) is 0 Å². The number of hydrogen-bond donors (Lipinski definition) is 0. The molecule has 0 amide bonds. The zero-order valence-corrected chi connectivity index (χ0v) is 9.17. The molecule has 12 heavy (non-hydrogen) atoms. The third-order valence-electron chi connectivity index (χ3n) is 3.52. The highest BCUT2D eigenvalue weighted by Gasteiger charge is 2.38. The summed E-state index contributed by atoms with van der Waals surface area (Å²) in [6, 6.07) is 1.51. The molecule has 0 aromatic rings. The number of likely N-dealkylation sites (N-methyl/N-ethyl adjacent to an activating group) is 1. The van der Waals surface area contributed by atoms with Gasteiger partial charge in [0.15, 0.2) is 0 Å². The van der Waals surface area contributed by atoms with E-state index in [1.807, 2.05) is 0 Å². The van der Waals surface area contributed by atoms with Crippen molar-refractivity contribution in [2.75, 3.05) is 26.8 Å². The highest BCUT2D eigenvalue weighted by Crippen LogP contribution is 2.21. The van der Waals surface area contributed by atoms with Crippen molar-refractivity contribution >= 4 is 0 Å². The molecule has 72 valence electrons. The fraction of sp³-hybridized carbons (Fsp3) is 1.00. The molecule has 1 unspecified atom stereocenters. The highest BCUT2D eigenvalue weighted by molar-refractivity contribution is 4.70. The summed E-state index contributed by atoms with van der Waals surface area (Å²) < 4.78 is 1.22. The lowest BCUT2D eigenvalue weighted by molar-refractivity contribution is -0.921. The van der Waals surface area contributed by atoms with Crippen LogP contribution in [0.25, 0.3) is 0 Å². The standard InChI is InChI=1S/C10H23N2/c1-6-12(5)8-11(9(2)3)7-10(12)4/h9-10H,6-8H2,1-5H3/q+1/t10?,12-/m0/s1. The summed E-state index contributed by atoms with van der Waals surface area (Å²) in [5.74, 6) is 0. The molecule has 0 radical (unpaired) electrons. The minimum atomic E-state index is 0.707. The first-order valence-electron chi connectivity index (χ1n) is 5.08. The van der Waals surface area contributed by atoms with Crippen LogP contribution in [0, 0.1) is 0 Å². The van der Waals surface area contributed by atoms with Gasteiger partial charge in [-0.25, -0.2) is 4.90 Å². The first-order chi connectivity index (χ1) is 5.49. The molecule has 2 nitrogen and oxygen atoms in total. The number of nitrogens with zero attached hydrogens (tertiary/aromatic N) is 2. The van der Waals surface area contributed by atoms with Gasteiger partial charge in [0.25, 0.3) is 0 Å². The summed E-state index contributed by atoms with van der Waals surface area (Å²) in [6.07, 6.45) is 0. The van der Waals surface area contributed by atoms with E-state index < -0.39 is 0 Å². The number of hydrogen-bond acceptors (Lipinski definition) is 1. The van der Waals surface area contributed by atoms with Gasteiger partial charge >= 0.3 is 0 Å². The van der Waals surface area contributed by atoms with E-state index in [9.17, 15) is 0 Å². The van der Waals surface area contributed by atoms with E-state index in [1.54, 1.807) is 0 Å². The summed E-state index contributed by atoms with van der Waals surface area (Å²) in [5, 5.41) is 0. The lowest BCUT2D eigenvalue weighted by Gasteiger charge is -2.32. The largest absolute Gasteiger partial charge is 0.310 e. The minimum absolute atomic E-state index is 0.707. The van der Waals surface area contributed by atoms with Crippen LogP contribution in [0.4, 0.5) is 0 Å². The van der Waals surface area contributed by atoms with Gasteiger partial charge in [-0.1, -0.05) is 0 Å². The van der Waals surface area contributed by atoms with E-state index >= 15 is 0 Å². The Morgan fingerprint density at radius 2 is 2.08 bits per heavy atom.